The molecule has 0 radical (unpaired) electrons. The highest BCUT2D eigenvalue weighted by molar-refractivity contribution is 6.39. The minimum Gasteiger partial charge on any atom is -0.335 e. The van der Waals surface area contributed by atoms with Crippen molar-refractivity contribution in [3.05, 3.63) is 34.9 Å². The fourth-order valence-electron chi connectivity index (χ4n) is 2.98. The van der Waals surface area contributed by atoms with E-state index in [2.05, 4.69) is 10.5 Å². The van der Waals surface area contributed by atoms with Gasteiger partial charge in [0.05, 0.1) is 0 Å². The van der Waals surface area contributed by atoms with Crippen molar-refractivity contribution in [1.82, 2.24) is 15.2 Å². The number of carbonyl (C=O) groups is 3. The molecule has 2 aliphatic rings. The number of nitrogens with zero attached hydrogens (tertiary/aromatic N) is 3. The Kier molecular flexibility index (Phi) is 4.83. The first-order valence-electron chi connectivity index (χ1n) is 8.47. The Labute approximate surface area is 146 Å². The number of piperazine rings is 1. The Morgan fingerprint density at radius 3 is 2.16 bits per heavy atom. The molecule has 2 aliphatic heterocycles. The fraction of sp³-hybridized carbons (Fsp3) is 0.444. The zero-order chi connectivity index (χ0) is 18.0. The van der Waals surface area contributed by atoms with Crippen LogP contribution in [0.3, 0.4) is 0 Å². The van der Waals surface area contributed by atoms with E-state index >= 15 is 0 Å². The van der Waals surface area contributed by atoms with E-state index in [1.54, 1.807) is 9.80 Å². The second kappa shape index (κ2) is 7.04. The summed E-state index contributed by atoms with van der Waals surface area (Å²) in [5.41, 5.74) is 5.67. The predicted octanol–water partition coefficient (Wildman–Crippen LogP) is 0.854. The number of benzene rings is 1. The van der Waals surface area contributed by atoms with Gasteiger partial charge in [0, 0.05) is 44.6 Å². The molecule has 1 aromatic rings. The van der Waals surface area contributed by atoms with E-state index in [1.165, 1.54) is 0 Å². The lowest BCUT2D eigenvalue weighted by Gasteiger charge is -2.35. The molecule has 7 nitrogen and oxygen atoms in total. The van der Waals surface area contributed by atoms with Crippen molar-refractivity contribution in [1.29, 1.82) is 0 Å². The van der Waals surface area contributed by atoms with E-state index in [0.717, 1.165) is 11.1 Å². The average molecular weight is 342 g/mol. The molecule has 3 rings (SSSR count). The molecule has 0 saturated carbocycles. The van der Waals surface area contributed by atoms with E-state index in [4.69, 9.17) is 0 Å². The Bertz CT molecular complexity index is 749. The van der Waals surface area contributed by atoms with Gasteiger partial charge in [0.25, 0.3) is 11.8 Å². The Balaban J connectivity index is 1.59. The molecule has 2 heterocycles. The van der Waals surface area contributed by atoms with Crippen LogP contribution in [0.5, 0.6) is 0 Å². The summed E-state index contributed by atoms with van der Waals surface area (Å²) in [5, 5.41) is 3.85. The first kappa shape index (κ1) is 17.1. The molecular formula is C18H22N4O3. The topological polar surface area (TPSA) is 82.1 Å². The molecule has 1 N–H and O–H groups in total. The molecule has 0 aromatic heterocycles. The van der Waals surface area contributed by atoms with Crippen LogP contribution in [-0.2, 0) is 9.59 Å². The van der Waals surface area contributed by atoms with Crippen LogP contribution in [0.2, 0.25) is 0 Å². The van der Waals surface area contributed by atoms with Crippen molar-refractivity contribution in [2.24, 2.45) is 5.10 Å². The minimum atomic E-state index is -0.166. The highest BCUT2D eigenvalue weighted by Gasteiger charge is 2.28. The number of hydrogen-bond donors (Lipinski definition) is 1. The Hall–Kier alpha value is -2.70. The van der Waals surface area contributed by atoms with Gasteiger partial charge in [-0.15, -0.1) is 0 Å². The number of rotatable bonds is 2. The SMILES string of the molecule is Cc1ccc(C(=O)N2CCN(C(=O)C3=NNC(=O)CC3)CC2)cc1C. The highest BCUT2D eigenvalue weighted by atomic mass is 16.2. The van der Waals surface area contributed by atoms with Crippen molar-refractivity contribution in [3.63, 3.8) is 0 Å². The fourth-order valence-corrected chi connectivity index (χ4v) is 2.98. The molecule has 0 bridgehead atoms. The third-order valence-corrected chi connectivity index (χ3v) is 4.76. The standard InChI is InChI=1S/C18H22N4O3/c1-12-3-4-14(11-13(12)2)17(24)21-7-9-22(10-8-21)18(25)15-5-6-16(23)20-19-15/h3-4,11H,5-10H2,1-2H3,(H,20,23). The van der Waals surface area contributed by atoms with Gasteiger partial charge in [-0.3, -0.25) is 14.4 Å². The summed E-state index contributed by atoms with van der Waals surface area (Å²) in [5.74, 6) is -0.323. The molecule has 3 amide bonds. The monoisotopic (exact) mass is 342 g/mol. The van der Waals surface area contributed by atoms with Gasteiger partial charge in [-0.2, -0.15) is 5.10 Å². The molecule has 0 unspecified atom stereocenters. The summed E-state index contributed by atoms with van der Waals surface area (Å²) in [6, 6.07) is 5.72. The van der Waals surface area contributed by atoms with Crippen LogP contribution in [0, 0.1) is 13.8 Å². The van der Waals surface area contributed by atoms with E-state index < -0.39 is 0 Å². The van der Waals surface area contributed by atoms with E-state index in [0.29, 0.717) is 43.9 Å². The second-order valence-corrected chi connectivity index (χ2v) is 6.48. The van der Waals surface area contributed by atoms with Crippen LogP contribution in [0.4, 0.5) is 0 Å². The summed E-state index contributed by atoms with van der Waals surface area (Å²) < 4.78 is 0. The first-order chi connectivity index (χ1) is 12.0. The zero-order valence-corrected chi connectivity index (χ0v) is 14.5. The van der Waals surface area contributed by atoms with Crippen molar-refractivity contribution >= 4 is 23.4 Å². The third-order valence-electron chi connectivity index (χ3n) is 4.76. The summed E-state index contributed by atoms with van der Waals surface area (Å²) in [6.07, 6.45) is 0.655. The van der Waals surface area contributed by atoms with Gasteiger partial charge in [0.15, 0.2) is 0 Å². The maximum Gasteiger partial charge on any atom is 0.270 e. The lowest BCUT2D eigenvalue weighted by atomic mass is 10.1. The summed E-state index contributed by atoms with van der Waals surface area (Å²) in [6.45, 7) is 5.95. The van der Waals surface area contributed by atoms with Crippen molar-refractivity contribution in [2.45, 2.75) is 26.7 Å². The van der Waals surface area contributed by atoms with Gasteiger partial charge in [0.2, 0.25) is 5.91 Å². The van der Waals surface area contributed by atoms with Crippen LogP contribution in [0.15, 0.2) is 23.3 Å². The van der Waals surface area contributed by atoms with Crippen molar-refractivity contribution in [3.8, 4) is 0 Å². The van der Waals surface area contributed by atoms with Gasteiger partial charge in [-0.1, -0.05) is 6.07 Å². The number of hydrazone groups is 1. The molecule has 1 saturated heterocycles. The van der Waals surface area contributed by atoms with Gasteiger partial charge < -0.3 is 9.80 Å². The second-order valence-electron chi connectivity index (χ2n) is 6.48. The Morgan fingerprint density at radius 2 is 1.60 bits per heavy atom. The molecule has 7 heteroatoms. The van der Waals surface area contributed by atoms with Crippen LogP contribution < -0.4 is 5.43 Å². The molecule has 0 spiro atoms. The number of amides is 3. The molecule has 25 heavy (non-hydrogen) atoms. The molecule has 0 atom stereocenters. The Morgan fingerprint density at radius 1 is 0.960 bits per heavy atom. The van der Waals surface area contributed by atoms with E-state index in [-0.39, 0.29) is 24.1 Å². The van der Waals surface area contributed by atoms with E-state index in [9.17, 15) is 14.4 Å². The van der Waals surface area contributed by atoms with Crippen LogP contribution >= 0.6 is 0 Å². The molecule has 0 aliphatic carbocycles. The van der Waals surface area contributed by atoms with Gasteiger partial charge in [-0.25, -0.2) is 5.43 Å². The normalized spacial score (nSPS) is 17.8. The molecular weight excluding hydrogens is 320 g/mol. The third kappa shape index (κ3) is 3.70. The molecule has 132 valence electrons. The number of aryl methyl sites for hydroxylation is 2. The molecule has 1 fully saturated rings. The quantitative estimate of drug-likeness (QED) is 0.865. The smallest absolute Gasteiger partial charge is 0.270 e. The van der Waals surface area contributed by atoms with Gasteiger partial charge in [-0.05, 0) is 37.1 Å². The number of carbonyl (C=O) groups excluding carboxylic acids is 3. The van der Waals surface area contributed by atoms with Crippen molar-refractivity contribution in [2.75, 3.05) is 26.2 Å². The zero-order valence-electron chi connectivity index (χ0n) is 14.5. The lowest BCUT2D eigenvalue weighted by Crippen LogP contribution is -2.52. The maximum absolute atomic E-state index is 12.6. The first-order valence-corrected chi connectivity index (χ1v) is 8.47. The number of nitrogens with one attached hydrogen (secondary N) is 1. The average Bonchev–Trinajstić information content (AvgIpc) is 2.63. The summed E-state index contributed by atoms with van der Waals surface area (Å²) in [7, 11) is 0. The lowest BCUT2D eigenvalue weighted by molar-refractivity contribution is -0.126. The number of hydrogen-bond acceptors (Lipinski definition) is 4. The van der Waals surface area contributed by atoms with Crippen LogP contribution in [0.25, 0.3) is 0 Å². The van der Waals surface area contributed by atoms with Gasteiger partial charge in [0.1, 0.15) is 5.71 Å². The summed E-state index contributed by atoms with van der Waals surface area (Å²) in [4.78, 5) is 39.6. The molecule has 1 aromatic carbocycles. The van der Waals surface area contributed by atoms with Crippen LogP contribution in [-0.4, -0.2) is 59.4 Å². The van der Waals surface area contributed by atoms with Crippen LogP contribution in [0.1, 0.15) is 34.3 Å². The largest absolute Gasteiger partial charge is 0.335 e. The van der Waals surface area contributed by atoms with Gasteiger partial charge >= 0.3 is 0 Å². The van der Waals surface area contributed by atoms with Crippen molar-refractivity contribution < 1.29 is 14.4 Å². The summed E-state index contributed by atoms with van der Waals surface area (Å²) >= 11 is 0. The highest BCUT2D eigenvalue weighted by Crippen LogP contribution is 2.14. The maximum atomic E-state index is 12.6. The van der Waals surface area contributed by atoms with E-state index in [1.807, 2.05) is 32.0 Å². The predicted molar refractivity (Wildman–Crippen MR) is 93.2 cm³/mol. The minimum absolute atomic E-state index is 0.00234.